The molecule has 0 aromatic heterocycles. The van der Waals surface area contributed by atoms with Gasteiger partial charge in [0.05, 0.1) is 12.3 Å². The Morgan fingerprint density at radius 1 is 0.944 bits per heavy atom. The van der Waals surface area contributed by atoms with E-state index in [0.717, 1.165) is 25.2 Å². The Hall–Kier alpha value is -0.120. The molecule has 0 radical (unpaired) electrons. The van der Waals surface area contributed by atoms with Gasteiger partial charge >= 0.3 is 0 Å². The lowest BCUT2D eigenvalue weighted by Crippen LogP contribution is -2.68. The molecular weight excluding hydrogens is 222 g/mol. The molecule has 108 valence electrons. The molecule has 0 aliphatic carbocycles. The van der Waals surface area contributed by atoms with Gasteiger partial charge in [0.1, 0.15) is 0 Å². The summed E-state index contributed by atoms with van der Waals surface area (Å²) >= 11 is 0. The third-order valence-electron chi connectivity index (χ3n) is 3.53. The second kappa shape index (κ2) is 6.88. The maximum atomic E-state index is 3.77. The summed E-state index contributed by atoms with van der Waals surface area (Å²) in [6.45, 7) is 17.1. The molecule has 0 unspecified atom stereocenters. The standard InChI is InChI=1S/C15H33N3/c1-12(2)7-15(8-13(3)4)17-10-16-11-18(15)9-14(5)6/h12-14,16-17H,7-11H2,1-6H3. The minimum atomic E-state index is 0.192. The molecule has 1 heterocycles. The fraction of sp³-hybridized carbons (Fsp3) is 1.00. The quantitative estimate of drug-likeness (QED) is 0.764. The van der Waals surface area contributed by atoms with E-state index in [1.54, 1.807) is 0 Å². The van der Waals surface area contributed by atoms with Crippen LogP contribution in [0, 0.1) is 17.8 Å². The summed E-state index contributed by atoms with van der Waals surface area (Å²) in [5.74, 6) is 2.17. The van der Waals surface area contributed by atoms with Crippen LogP contribution in [-0.4, -0.2) is 30.4 Å². The predicted octanol–water partition coefficient (Wildman–Crippen LogP) is 2.84. The molecule has 1 fully saturated rings. The van der Waals surface area contributed by atoms with E-state index < -0.39 is 0 Å². The van der Waals surface area contributed by atoms with E-state index >= 15 is 0 Å². The largest absolute Gasteiger partial charge is 0.292 e. The van der Waals surface area contributed by atoms with Crippen molar-refractivity contribution in [1.29, 1.82) is 0 Å². The van der Waals surface area contributed by atoms with Gasteiger partial charge in [0, 0.05) is 13.2 Å². The van der Waals surface area contributed by atoms with Crippen molar-refractivity contribution >= 4 is 0 Å². The highest BCUT2D eigenvalue weighted by molar-refractivity contribution is 4.92. The molecule has 0 amide bonds. The number of hydrogen-bond donors (Lipinski definition) is 2. The normalized spacial score (nSPS) is 21.2. The van der Waals surface area contributed by atoms with Gasteiger partial charge in [-0.05, 0) is 30.6 Å². The van der Waals surface area contributed by atoms with Crippen LogP contribution >= 0.6 is 0 Å². The summed E-state index contributed by atoms with van der Waals surface area (Å²) in [5, 5.41) is 7.22. The molecule has 1 aliphatic heterocycles. The van der Waals surface area contributed by atoms with E-state index in [4.69, 9.17) is 0 Å². The highest BCUT2D eigenvalue weighted by Gasteiger charge is 2.39. The maximum Gasteiger partial charge on any atom is 0.0737 e. The van der Waals surface area contributed by atoms with Gasteiger partial charge in [-0.3, -0.25) is 15.5 Å². The number of hydrogen-bond acceptors (Lipinski definition) is 3. The minimum Gasteiger partial charge on any atom is -0.292 e. The SMILES string of the molecule is CC(C)CN1CNCNC1(CC(C)C)CC(C)C. The summed E-state index contributed by atoms with van der Waals surface area (Å²) in [5.41, 5.74) is 0.192. The summed E-state index contributed by atoms with van der Waals surface area (Å²) in [4.78, 5) is 2.63. The smallest absolute Gasteiger partial charge is 0.0737 e. The average Bonchev–Trinajstić information content (AvgIpc) is 2.18. The van der Waals surface area contributed by atoms with Crippen LogP contribution in [0.25, 0.3) is 0 Å². The van der Waals surface area contributed by atoms with Gasteiger partial charge in [0.15, 0.2) is 0 Å². The van der Waals surface area contributed by atoms with Crippen LogP contribution in [-0.2, 0) is 0 Å². The summed E-state index contributed by atoms with van der Waals surface area (Å²) in [6, 6.07) is 0. The second-order valence-corrected chi connectivity index (χ2v) is 7.11. The minimum absolute atomic E-state index is 0.192. The second-order valence-electron chi connectivity index (χ2n) is 7.11. The zero-order chi connectivity index (χ0) is 13.8. The average molecular weight is 255 g/mol. The summed E-state index contributed by atoms with van der Waals surface area (Å²) in [7, 11) is 0. The summed E-state index contributed by atoms with van der Waals surface area (Å²) < 4.78 is 0. The Balaban J connectivity index is 2.85. The molecule has 0 saturated carbocycles. The van der Waals surface area contributed by atoms with Gasteiger partial charge in [-0.1, -0.05) is 41.5 Å². The molecule has 1 aliphatic rings. The van der Waals surface area contributed by atoms with Crippen molar-refractivity contribution in [3.05, 3.63) is 0 Å². The van der Waals surface area contributed by atoms with Crippen molar-refractivity contribution in [2.24, 2.45) is 17.8 Å². The van der Waals surface area contributed by atoms with Gasteiger partial charge in [-0.15, -0.1) is 0 Å². The molecule has 0 aromatic rings. The molecule has 0 spiro atoms. The van der Waals surface area contributed by atoms with Gasteiger partial charge in [-0.2, -0.15) is 0 Å². The van der Waals surface area contributed by atoms with E-state index in [1.165, 1.54) is 19.4 Å². The highest BCUT2D eigenvalue weighted by Crippen LogP contribution is 2.30. The van der Waals surface area contributed by atoms with Crippen LogP contribution < -0.4 is 10.6 Å². The molecule has 0 bridgehead atoms. The molecular formula is C15H33N3. The maximum absolute atomic E-state index is 3.77. The van der Waals surface area contributed by atoms with Crippen LogP contribution in [0.2, 0.25) is 0 Å². The molecule has 1 saturated heterocycles. The van der Waals surface area contributed by atoms with Crippen molar-refractivity contribution in [3.8, 4) is 0 Å². The van der Waals surface area contributed by atoms with Crippen molar-refractivity contribution in [3.63, 3.8) is 0 Å². The Labute approximate surface area is 114 Å². The lowest BCUT2D eigenvalue weighted by Gasteiger charge is -2.51. The topological polar surface area (TPSA) is 27.3 Å². The molecule has 1 rings (SSSR count). The molecule has 18 heavy (non-hydrogen) atoms. The molecule has 3 heteroatoms. The van der Waals surface area contributed by atoms with Crippen LogP contribution in [0.5, 0.6) is 0 Å². The van der Waals surface area contributed by atoms with E-state index in [0.29, 0.717) is 5.92 Å². The van der Waals surface area contributed by atoms with Crippen LogP contribution in [0.3, 0.4) is 0 Å². The lowest BCUT2D eigenvalue weighted by atomic mass is 9.86. The Morgan fingerprint density at radius 2 is 1.50 bits per heavy atom. The third-order valence-corrected chi connectivity index (χ3v) is 3.53. The Kier molecular flexibility index (Phi) is 6.09. The number of nitrogens with zero attached hydrogens (tertiary/aromatic N) is 1. The van der Waals surface area contributed by atoms with E-state index in [1.807, 2.05) is 0 Å². The van der Waals surface area contributed by atoms with Crippen molar-refractivity contribution in [2.75, 3.05) is 19.9 Å². The first-order valence-electron chi connectivity index (χ1n) is 7.56. The first-order chi connectivity index (χ1) is 8.35. The van der Waals surface area contributed by atoms with Gasteiger partial charge in [-0.25, -0.2) is 0 Å². The van der Waals surface area contributed by atoms with E-state index in [-0.39, 0.29) is 5.66 Å². The molecule has 0 aromatic carbocycles. The van der Waals surface area contributed by atoms with Crippen molar-refractivity contribution < 1.29 is 0 Å². The van der Waals surface area contributed by atoms with E-state index in [9.17, 15) is 0 Å². The lowest BCUT2D eigenvalue weighted by molar-refractivity contribution is -0.0258. The van der Waals surface area contributed by atoms with E-state index in [2.05, 4.69) is 57.1 Å². The Bertz CT molecular complexity index is 226. The highest BCUT2D eigenvalue weighted by atomic mass is 15.4. The Morgan fingerprint density at radius 3 is 1.94 bits per heavy atom. The molecule has 2 N–H and O–H groups in total. The van der Waals surface area contributed by atoms with Gasteiger partial charge in [0.2, 0.25) is 0 Å². The van der Waals surface area contributed by atoms with Gasteiger partial charge in [0.25, 0.3) is 0 Å². The first-order valence-corrected chi connectivity index (χ1v) is 7.56. The molecule has 3 nitrogen and oxygen atoms in total. The fourth-order valence-corrected chi connectivity index (χ4v) is 3.20. The van der Waals surface area contributed by atoms with Crippen LogP contribution in [0.4, 0.5) is 0 Å². The van der Waals surface area contributed by atoms with Crippen LogP contribution in [0.1, 0.15) is 54.4 Å². The van der Waals surface area contributed by atoms with Gasteiger partial charge < -0.3 is 0 Å². The summed E-state index contributed by atoms with van der Waals surface area (Å²) in [6.07, 6.45) is 2.47. The molecule has 0 atom stereocenters. The monoisotopic (exact) mass is 255 g/mol. The number of rotatable bonds is 6. The zero-order valence-electron chi connectivity index (χ0n) is 13.2. The van der Waals surface area contributed by atoms with Crippen molar-refractivity contribution in [1.82, 2.24) is 15.5 Å². The fourth-order valence-electron chi connectivity index (χ4n) is 3.20. The predicted molar refractivity (Wildman–Crippen MR) is 79.2 cm³/mol. The van der Waals surface area contributed by atoms with Crippen LogP contribution in [0.15, 0.2) is 0 Å². The third kappa shape index (κ3) is 4.52. The first kappa shape index (κ1) is 15.9. The zero-order valence-corrected chi connectivity index (χ0v) is 13.2. The van der Waals surface area contributed by atoms with Crippen molar-refractivity contribution in [2.45, 2.75) is 60.0 Å². The number of nitrogens with one attached hydrogen (secondary N) is 2.